The van der Waals surface area contributed by atoms with Crippen LogP contribution < -0.4 is 10.5 Å². The smallest absolute Gasteiger partial charge is 0.268 e. The van der Waals surface area contributed by atoms with Gasteiger partial charge in [-0.05, 0) is 55.6 Å². The molecule has 7 nitrogen and oxygen atoms in total. The van der Waals surface area contributed by atoms with Gasteiger partial charge in [-0.3, -0.25) is 14.5 Å². The molecule has 3 rings (SSSR count). The number of nitrogens with zero attached hydrogens (tertiary/aromatic N) is 4. The lowest BCUT2D eigenvalue weighted by atomic mass is 10.1. The summed E-state index contributed by atoms with van der Waals surface area (Å²) >= 11 is 1.36. The van der Waals surface area contributed by atoms with Crippen molar-refractivity contribution in [2.75, 3.05) is 25.0 Å². The first-order valence-electron chi connectivity index (χ1n) is 9.28. The lowest BCUT2D eigenvalue weighted by Gasteiger charge is -2.25. The number of aromatic amines is 1. The summed E-state index contributed by atoms with van der Waals surface area (Å²) in [4.78, 5) is 35.8. The summed E-state index contributed by atoms with van der Waals surface area (Å²) in [6, 6.07) is 9.87. The van der Waals surface area contributed by atoms with E-state index in [0.717, 1.165) is 16.8 Å². The van der Waals surface area contributed by atoms with Crippen LogP contribution >= 0.6 is 11.3 Å². The number of thiophene rings is 1. The number of benzene rings is 1. The van der Waals surface area contributed by atoms with Crippen molar-refractivity contribution in [1.82, 2.24) is 14.9 Å². The highest BCUT2D eigenvalue weighted by molar-refractivity contribution is 7.17. The summed E-state index contributed by atoms with van der Waals surface area (Å²) in [5.41, 5.74) is 3.43. The molecule has 0 aliphatic rings. The fraction of sp³-hybridized carbons (Fsp3) is 0.333. The maximum atomic E-state index is 13.0. The third-order valence-corrected chi connectivity index (χ3v) is 5.36. The van der Waals surface area contributed by atoms with Crippen molar-refractivity contribution in [3.8, 4) is 6.07 Å². The molecule has 150 valence electrons. The van der Waals surface area contributed by atoms with Crippen LogP contribution in [-0.2, 0) is 11.3 Å². The van der Waals surface area contributed by atoms with Crippen molar-refractivity contribution in [3.05, 3.63) is 57.0 Å². The van der Waals surface area contributed by atoms with Gasteiger partial charge < -0.3 is 9.88 Å². The molecule has 0 bridgehead atoms. The Morgan fingerprint density at radius 1 is 1.28 bits per heavy atom. The van der Waals surface area contributed by atoms with E-state index in [0.29, 0.717) is 29.1 Å². The van der Waals surface area contributed by atoms with Crippen molar-refractivity contribution < 1.29 is 4.79 Å². The molecule has 1 aromatic carbocycles. The van der Waals surface area contributed by atoms with Crippen molar-refractivity contribution in [2.45, 2.75) is 26.8 Å². The van der Waals surface area contributed by atoms with Crippen molar-refractivity contribution in [3.63, 3.8) is 0 Å². The molecule has 0 aliphatic heterocycles. The van der Waals surface area contributed by atoms with E-state index in [2.05, 4.69) is 16.0 Å². The SMILES string of the molecule is Cc1cc(C)cc(N(CCC#N)C(=O)CN(C)Cc2nc3ccsc3c(=O)[nH]2)c1. The lowest BCUT2D eigenvalue weighted by Crippen LogP contribution is -2.39. The normalized spacial score (nSPS) is 11.0. The number of fused-ring (bicyclic) bond motifs is 1. The number of likely N-dealkylation sites (N-methyl/N-ethyl adjacent to an activating group) is 1. The molecule has 8 heteroatoms. The summed E-state index contributed by atoms with van der Waals surface area (Å²) in [6.07, 6.45) is 0.256. The zero-order valence-electron chi connectivity index (χ0n) is 16.7. The van der Waals surface area contributed by atoms with E-state index in [1.165, 1.54) is 11.3 Å². The molecule has 0 saturated carbocycles. The van der Waals surface area contributed by atoms with Crippen molar-refractivity contribution >= 4 is 33.1 Å². The number of carbonyl (C=O) groups excluding carboxylic acids is 1. The van der Waals surface area contributed by atoms with Gasteiger partial charge in [0.25, 0.3) is 5.56 Å². The average Bonchev–Trinajstić information content (AvgIpc) is 3.10. The number of carbonyl (C=O) groups is 1. The highest BCUT2D eigenvalue weighted by Gasteiger charge is 2.19. The van der Waals surface area contributed by atoms with Crippen LogP contribution in [0.1, 0.15) is 23.4 Å². The molecular formula is C21H23N5O2S. The Labute approximate surface area is 173 Å². The van der Waals surface area contributed by atoms with Crippen LogP contribution in [0.3, 0.4) is 0 Å². The molecule has 1 amide bonds. The average molecular weight is 410 g/mol. The largest absolute Gasteiger partial charge is 0.310 e. The van der Waals surface area contributed by atoms with Crippen molar-refractivity contribution in [2.24, 2.45) is 0 Å². The standard InChI is InChI=1S/C21H23N5O2S/c1-14-9-15(2)11-16(10-14)26(7-4-6-22)19(27)13-25(3)12-18-23-17-5-8-29-20(17)21(28)24-18/h5,8-11H,4,7,12-13H2,1-3H3,(H,23,24,28). The zero-order valence-corrected chi connectivity index (χ0v) is 17.5. The predicted molar refractivity (Wildman–Crippen MR) is 115 cm³/mol. The number of rotatable bonds is 7. The second-order valence-corrected chi connectivity index (χ2v) is 8.04. The van der Waals surface area contributed by atoms with Gasteiger partial charge in [-0.1, -0.05) is 6.07 Å². The Morgan fingerprint density at radius 2 is 2.00 bits per heavy atom. The van der Waals surface area contributed by atoms with Crippen LogP contribution in [0, 0.1) is 25.2 Å². The second kappa shape index (κ2) is 8.99. The van der Waals surface area contributed by atoms with Crippen LogP contribution in [0.15, 0.2) is 34.4 Å². The minimum Gasteiger partial charge on any atom is -0.310 e. The first kappa shape index (κ1) is 20.7. The van der Waals surface area contributed by atoms with Gasteiger partial charge in [0.05, 0.1) is 31.1 Å². The third kappa shape index (κ3) is 5.08. The molecular weight excluding hydrogens is 386 g/mol. The number of anilines is 1. The van der Waals surface area contributed by atoms with E-state index in [1.54, 1.807) is 16.8 Å². The Balaban J connectivity index is 1.75. The van der Waals surface area contributed by atoms with E-state index in [-0.39, 0.29) is 24.4 Å². The topological polar surface area (TPSA) is 93.1 Å². The molecule has 0 unspecified atom stereocenters. The number of amides is 1. The molecule has 0 spiro atoms. The van der Waals surface area contributed by atoms with E-state index in [1.807, 2.05) is 43.5 Å². The fourth-order valence-electron chi connectivity index (χ4n) is 3.29. The van der Waals surface area contributed by atoms with Gasteiger partial charge in [-0.25, -0.2) is 4.98 Å². The van der Waals surface area contributed by atoms with Crippen LogP contribution in [0.2, 0.25) is 0 Å². The summed E-state index contributed by atoms with van der Waals surface area (Å²) in [5, 5.41) is 10.8. The Morgan fingerprint density at radius 3 is 2.69 bits per heavy atom. The monoisotopic (exact) mass is 409 g/mol. The van der Waals surface area contributed by atoms with Gasteiger partial charge >= 0.3 is 0 Å². The molecule has 0 radical (unpaired) electrons. The molecule has 0 fully saturated rings. The molecule has 0 aliphatic carbocycles. The van der Waals surface area contributed by atoms with E-state index in [9.17, 15) is 9.59 Å². The van der Waals surface area contributed by atoms with Gasteiger partial charge in [0, 0.05) is 12.2 Å². The zero-order chi connectivity index (χ0) is 21.0. The maximum Gasteiger partial charge on any atom is 0.268 e. The van der Waals surface area contributed by atoms with Gasteiger partial charge in [0.2, 0.25) is 5.91 Å². The molecule has 0 saturated heterocycles. The fourth-order valence-corrected chi connectivity index (χ4v) is 4.02. The first-order valence-corrected chi connectivity index (χ1v) is 10.2. The highest BCUT2D eigenvalue weighted by Crippen LogP contribution is 2.20. The van der Waals surface area contributed by atoms with Crippen LogP contribution in [0.25, 0.3) is 10.2 Å². The predicted octanol–water partition coefficient (Wildman–Crippen LogP) is 2.98. The second-order valence-electron chi connectivity index (χ2n) is 7.12. The Hall–Kier alpha value is -3.02. The molecule has 2 aromatic heterocycles. The number of nitriles is 1. The molecule has 0 atom stereocenters. The Bertz CT molecular complexity index is 1110. The van der Waals surface area contributed by atoms with E-state index < -0.39 is 0 Å². The van der Waals surface area contributed by atoms with Crippen LogP contribution in [0.5, 0.6) is 0 Å². The third-order valence-electron chi connectivity index (χ3n) is 4.46. The molecule has 29 heavy (non-hydrogen) atoms. The van der Waals surface area contributed by atoms with E-state index in [4.69, 9.17) is 5.26 Å². The molecule has 2 heterocycles. The Kier molecular flexibility index (Phi) is 6.42. The number of nitrogens with one attached hydrogen (secondary N) is 1. The van der Waals surface area contributed by atoms with Crippen LogP contribution in [0.4, 0.5) is 5.69 Å². The van der Waals surface area contributed by atoms with Gasteiger partial charge in [0.15, 0.2) is 0 Å². The first-order chi connectivity index (χ1) is 13.9. The minimum atomic E-state index is -0.161. The number of H-pyrrole nitrogens is 1. The van der Waals surface area contributed by atoms with Crippen LogP contribution in [-0.4, -0.2) is 40.9 Å². The molecule has 1 N–H and O–H groups in total. The number of aryl methyl sites for hydroxylation is 2. The quantitative estimate of drug-likeness (QED) is 0.648. The number of hydrogen-bond donors (Lipinski definition) is 1. The summed E-state index contributed by atoms with van der Waals surface area (Å²) < 4.78 is 0.602. The number of hydrogen-bond acceptors (Lipinski definition) is 6. The van der Waals surface area contributed by atoms with Crippen molar-refractivity contribution in [1.29, 1.82) is 5.26 Å². The van der Waals surface area contributed by atoms with Gasteiger partial charge in [0.1, 0.15) is 10.5 Å². The lowest BCUT2D eigenvalue weighted by molar-refractivity contribution is -0.119. The summed E-state index contributed by atoms with van der Waals surface area (Å²) in [5.74, 6) is 0.415. The van der Waals surface area contributed by atoms with Gasteiger partial charge in [-0.15, -0.1) is 11.3 Å². The summed E-state index contributed by atoms with van der Waals surface area (Å²) in [7, 11) is 1.81. The van der Waals surface area contributed by atoms with Gasteiger partial charge in [-0.2, -0.15) is 5.26 Å². The molecule has 3 aromatic rings. The number of aromatic nitrogens is 2. The summed E-state index contributed by atoms with van der Waals surface area (Å²) in [6.45, 7) is 4.79. The minimum absolute atomic E-state index is 0.105. The highest BCUT2D eigenvalue weighted by atomic mass is 32.1. The van der Waals surface area contributed by atoms with E-state index >= 15 is 0 Å². The maximum absolute atomic E-state index is 13.0.